The van der Waals surface area contributed by atoms with Crippen LogP contribution in [0.2, 0.25) is 5.02 Å². The Kier molecular flexibility index (Phi) is 4.66. The summed E-state index contributed by atoms with van der Waals surface area (Å²) in [5.41, 5.74) is 0.846. The molecule has 2 rings (SSSR count). The van der Waals surface area contributed by atoms with E-state index >= 15 is 0 Å². The number of ether oxygens (including phenoxy) is 2. The maximum Gasteiger partial charge on any atom is 0.174 e. The van der Waals surface area contributed by atoms with Gasteiger partial charge in [-0.25, -0.2) is 4.39 Å². The van der Waals surface area contributed by atoms with Gasteiger partial charge >= 0.3 is 0 Å². The van der Waals surface area contributed by atoms with Crippen LogP contribution in [0.5, 0.6) is 11.5 Å². The van der Waals surface area contributed by atoms with Crippen LogP contribution in [0.25, 0.3) is 0 Å². The highest BCUT2D eigenvalue weighted by Gasteiger charge is 2.10. The van der Waals surface area contributed by atoms with Gasteiger partial charge in [0.15, 0.2) is 11.6 Å². The van der Waals surface area contributed by atoms with Gasteiger partial charge in [0, 0.05) is 10.0 Å². The molecule has 0 atom stereocenters. The fourth-order valence-corrected chi connectivity index (χ4v) is 2.14. The molecule has 0 aromatic heterocycles. The first-order valence-corrected chi connectivity index (χ1v) is 6.68. The van der Waals surface area contributed by atoms with Crippen LogP contribution >= 0.6 is 27.5 Å². The van der Waals surface area contributed by atoms with Crippen molar-refractivity contribution in [2.24, 2.45) is 0 Å². The number of hydrogen-bond donors (Lipinski definition) is 0. The summed E-state index contributed by atoms with van der Waals surface area (Å²) in [7, 11) is 1.58. The molecule has 0 aliphatic carbocycles. The molecule has 0 spiro atoms. The van der Waals surface area contributed by atoms with Crippen molar-refractivity contribution in [3.05, 3.63) is 57.3 Å². The second-order valence-corrected chi connectivity index (χ2v) is 5.06. The van der Waals surface area contributed by atoms with E-state index in [1.54, 1.807) is 13.2 Å². The van der Waals surface area contributed by atoms with E-state index in [1.807, 2.05) is 18.2 Å². The lowest BCUT2D eigenvalue weighted by molar-refractivity contribution is 0.289. The van der Waals surface area contributed by atoms with Gasteiger partial charge in [-0.2, -0.15) is 0 Å². The number of methoxy groups -OCH3 is 1. The standard InChI is InChI=1S/C14H11BrClFO2/c1-18-10-5-6-11(15)9(7-10)8-19-14-12(16)3-2-4-13(14)17/h2-7H,8H2,1H3. The van der Waals surface area contributed by atoms with Gasteiger partial charge in [-0.1, -0.05) is 33.6 Å². The number of benzene rings is 2. The first-order chi connectivity index (χ1) is 9.11. The average Bonchev–Trinajstić information content (AvgIpc) is 2.40. The van der Waals surface area contributed by atoms with Crippen LogP contribution in [-0.4, -0.2) is 7.11 Å². The highest BCUT2D eigenvalue weighted by molar-refractivity contribution is 9.10. The van der Waals surface area contributed by atoms with Crippen LogP contribution in [0.15, 0.2) is 40.9 Å². The normalized spacial score (nSPS) is 10.3. The third-order valence-corrected chi connectivity index (χ3v) is 3.62. The molecule has 2 aromatic carbocycles. The van der Waals surface area contributed by atoms with Crippen molar-refractivity contribution in [3.63, 3.8) is 0 Å². The maximum atomic E-state index is 13.6. The first-order valence-electron chi connectivity index (χ1n) is 5.51. The zero-order valence-corrected chi connectivity index (χ0v) is 12.5. The molecule has 0 bridgehead atoms. The molecule has 0 N–H and O–H groups in total. The minimum absolute atomic E-state index is 0.0545. The summed E-state index contributed by atoms with van der Waals surface area (Å²) in [4.78, 5) is 0. The average molecular weight is 346 g/mol. The second-order valence-electron chi connectivity index (χ2n) is 3.80. The molecule has 0 fully saturated rings. The molecule has 100 valence electrons. The summed E-state index contributed by atoms with van der Waals surface area (Å²) in [6.45, 7) is 0.193. The molecular formula is C14H11BrClFO2. The van der Waals surface area contributed by atoms with Crippen LogP contribution in [0, 0.1) is 5.82 Å². The van der Waals surface area contributed by atoms with Gasteiger partial charge in [-0.3, -0.25) is 0 Å². The van der Waals surface area contributed by atoms with Crippen molar-refractivity contribution in [1.29, 1.82) is 0 Å². The fourth-order valence-electron chi connectivity index (χ4n) is 1.56. The van der Waals surface area contributed by atoms with Crippen molar-refractivity contribution in [2.75, 3.05) is 7.11 Å². The number of halogens is 3. The topological polar surface area (TPSA) is 18.5 Å². The Morgan fingerprint density at radius 2 is 2.05 bits per heavy atom. The molecule has 0 saturated carbocycles. The Hall–Kier alpha value is -1.26. The molecule has 0 unspecified atom stereocenters. The minimum Gasteiger partial charge on any atom is -0.497 e. The molecule has 2 aromatic rings. The zero-order valence-electron chi connectivity index (χ0n) is 10.1. The number of hydrogen-bond acceptors (Lipinski definition) is 2. The molecule has 0 heterocycles. The summed E-state index contributed by atoms with van der Waals surface area (Å²) < 4.78 is 25.0. The third-order valence-electron chi connectivity index (χ3n) is 2.54. The van der Waals surface area contributed by atoms with Gasteiger partial charge in [-0.05, 0) is 30.3 Å². The third kappa shape index (κ3) is 3.39. The van der Waals surface area contributed by atoms with Crippen molar-refractivity contribution in [3.8, 4) is 11.5 Å². The van der Waals surface area contributed by atoms with E-state index in [-0.39, 0.29) is 17.4 Å². The predicted molar refractivity (Wildman–Crippen MR) is 76.4 cm³/mol. The SMILES string of the molecule is COc1ccc(Br)c(COc2c(F)cccc2Cl)c1. The molecule has 0 radical (unpaired) electrons. The van der Waals surface area contributed by atoms with Gasteiger partial charge < -0.3 is 9.47 Å². The van der Waals surface area contributed by atoms with Crippen LogP contribution in [0.4, 0.5) is 4.39 Å². The summed E-state index contributed by atoms with van der Waals surface area (Å²) in [5.74, 6) is 0.284. The fraction of sp³-hybridized carbons (Fsp3) is 0.143. The summed E-state index contributed by atoms with van der Waals surface area (Å²) in [6, 6.07) is 9.91. The zero-order chi connectivity index (χ0) is 13.8. The predicted octanol–water partition coefficient (Wildman–Crippen LogP) is 4.83. The van der Waals surface area contributed by atoms with Gasteiger partial charge in [0.25, 0.3) is 0 Å². The van der Waals surface area contributed by atoms with Gasteiger partial charge in [0.05, 0.1) is 12.1 Å². The van der Waals surface area contributed by atoms with Crippen LogP contribution in [0.1, 0.15) is 5.56 Å². The number of rotatable bonds is 4. The van der Waals surface area contributed by atoms with E-state index < -0.39 is 5.82 Å². The lowest BCUT2D eigenvalue weighted by Crippen LogP contribution is -1.99. The van der Waals surface area contributed by atoms with E-state index in [9.17, 15) is 4.39 Å². The van der Waals surface area contributed by atoms with Gasteiger partial charge in [0.1, 0.15) is 12.4 Å². The Balaban J connectivity index is 2.19. The Morgan fingerprint density at radius 3 is 2.74 bits per heavy atom. The highest BCUT2D eigenvalue weighted by Crippen LogP contribution is 2.29. The molecule has 5 heteroatoms. The quantitative estimate of drug-likeness (QED) is 0.790. The van der Waals surface area contributed by atoms with Crippen molar-refractivity contribution in [1.82, 2.24) is 0 Å². The summed E-state index contributed by atoms with van der Waals surface area (Å²) in [6.07, 6.45) is 0. The molecule has 0 aliphatic rings. The lowest BCUT2D eigenvalue weighted by Gasteiger charge is -2.11. The smallest absolute Gasteiger partial charge is 0.174 e. The van der Waals surface area contributed by atoms with E-state index in [0.29, 0.717) is 5.75 Å². The number of para-hydroxylation sites is 1. The van der Waals surface area contributed by atoms with Crippen molar-refractivity contribution >= 4 is 27.5 Å². The molecule has 2 nitrogen and oxygen atoms in total. The summed E-state index contributed by atoms with van der Waals surface area (Å²) >= 11 is 9.30. The van der Waals surface area contributed by atoms with Gasteiger partial charge in [0.2, 0.25) is 0 Å². The molecular weight excluding hydrogens is 335 g/mol. The van der Waals surface area contributed by atoms with E-state index in [1.165, 1.54) is 12.1 Å². The minimum atomic E-state index is -0.480. The first kappa shape index (κ1) is 14.2. The molecule has 19 heavy (non-hydrogen) atoms. The Morgan fingerprint density at radius 1 is 1.26 bits per heavy atom. The van der Waals surface area contributed by atoms with E-state index in [0.717, 1.165) is 10.0 Å². The van der Waals surface area contributed by atoms with Crippen molar-refractivity contribution < 1.29 is 13.9 Å². The van der Waals surface area contributed by atoms with Crippen molar-refractivity contribution in [2.45, 2.75) is 6.61 Å². The van der Waals surface area contributed by atoms with E-state index in [2.05, 4.69) is 15.9 Å². The van der Waals surface area contributed by atoms with E-state index in [4.69, 9.17) is 21.1 Å². The van der Waals surface area contributed by atoms with Crippen LogP contribution in [-0.2, 0) is 6.61 Å². The Labute approximate surface area is 124 Å². The van der Waals surface area contributed by atoms with Crippen LogP contribution < -0.4 is 9.47 Å². The van der Waals surface area contributed by atoms with Crippen LogP contribution in [0.3, 0.4) is 0 Å². The molecule has 0 saturated heterocycles. The maximum absolute atomic E-state index is 13.6. The Bertz CT molecular complexity index is 569. The monoisotopic (exact) mass is 344 g/mol. The lowest BCUT2D eigenvalue weighted by atomic mass is 10.2. The second kappa shape index (κ2) is 6.26. The van der Waals surface area contributed by atoms with Gasteiger partial charge in [-0.15, -0.1) is 0 Å². The largest absolute Gasteiger partial charge is 0.497 e. The molecule has 0 amide bonds. The highest BCUT2D eigenvalue weighted by atomic mass is 79.9. The summed E-state index contributed by atoms with van der Waals surface area (Å²) in [5, 5.41) is 0.249. The molecule has 0 aliphatic heterocycles.